The van der Waals surface area contributed by atoms with Crippen molar-refractivity contribution in [3.63, 3.8) is 0 Å². The second-order valence-corrected chi connectivity index (χ2v) is 6.59. The third-order valence-corrected chi connectivity index (χ3v) is 4.68. The van der Waals surface area contributed by atoms with Crippen LogP contribution in [0.2, 0.25) is 0 Å². The zero-order chi connectivity index (χ0) is 18.7. The number of nitrogens with one attached hydrogen (secondary N) is 1. The molecule has 1 atom stereocenters. The normalized spacial score (nSPS) is 16.2. The van der Waals surface area contributed by atoms with Gasteiger partial charge in [-0.15, -0.1) is 5.10 Å². The summed E-state index contributed by atoms with van der Waals surface area (Å²) in [5.41, 5.74) is 6.07. The summed E-state index contributed by atoms with van der Waals surface area (Å²) in [5, 5.41) is 6.61. The molecule has 1 aromatic carbocycles. The maximum Gasteiger partial charge on any atom is 0.241 e. The Bertz CT molecular complexity index is 755. The van der Waals surface area contributed by atoms with Gasteiger partial charge in [-0.25, -0.2) is 9.49 Å². The number of rotatable bonds is 5. The quantitative estimate of drug-likeness (QED) is 0.821. The monoisotopic (exact) mass is 361 g/mol. The Morgan fingerprint density at radius 2 is 2.00 bits per heavy atom. The van der Waals surface area contributed by atoms with Gasteiger partial charge in [0.1, 0.15) is 5.82 Å². The molecule has 0 radical (unpaired) electrons. The third kappa shape index (κ3) is 3.93. The Kier molecular flexibility index (Phi) is 5.36. The van der Waals surface area contributed by atoms with Crippen LogP contribution in [0, 0.1) is 5.82 Å². The highest BCUT2D eigenvalue weighted by Crippen LogP contribution is 2.25. The number of nitrogens with zero attached hydrogens (tertiary/aromatic N) is 5. The molecule has 0 aliphatic carbocycles. The summed E-state index contributed by atoms with van der Waals surface area (Å²) in [4.78, 5) is 22.6. The lowest BCUT2D eigenvalue weighted by Gasteiger charge is -2.35. The number of amides is 1. The molecule has 0 spiro atoms. The van der Waals surface area contributed by atoms with Crippen molar-refractivity contribution in [1.29, 1.82) is 0 Å². The number of halogens is 1. The second kappa shape index (κ2) is 7.69. The van der Waals surface area contributed by atoms with Gasteiger partial charge in [-0.2, -0.15) is 4.98 Å². The van der Waals surface area contributed by atoms with E-state index in [-0.39, 0.29) is 30.1 Å². The number of aromatic amines is 1. The van der Waals surface area contributed by atoms with Crippen molar-refractivity contribution >= 4 is 17.8 Å². The summed E-state index contributed by atoms with van der Waals surface area (Å²) in [5.74, 6) is 0.555. The van der Waals surface area contributed by atoms with Crippen molar-refractivity contribution in [2.24, 2.45) is 0 Å². The summed E-state index contributed by atoms with van der Waals surface area (Å²) in [6.07, 6.45) is 0.239. The Hall–Kier alpha value is -2.68. The summed E-state index contributed by atoms with van der Waals surface area (Å²) >= 11 is 0. The SMILES string of the molecule is CN(C)C(CC(=O)N1CCN(c2nc(N)n[nH]2)CC1)c1ccccc1F. The van der Waals surface area contributed by atoms with Gasteiger partial charge in [-0.1, -0.05) is 18.2 Å². The highest BCUT2D eigenvalue weighted by Gasteiger charge is 2.27. The van der Waals surface area contributed by atoms with Gasteiger partial charge in [-0.05, 0) is 20.2 Å². The van der Waals surface area contributed by atoms with Gasteiger partial charge in [0.15, 0.2) is 0 Å². The van der Waals surface area contributed by atoms with Crippen LogP contribution in [0.1, 0.15) is 18.0 Å². The fourth-order valence-electron chi connectivity index (χ4n) is 3.19. The number of nitrogen functional groups attached to an aromatic ring is 1. The maximum absolute atomic E-state index is 14.1. The lowest BCUT2D eigenvalue weighted by molar-refractivity contribution is -0.132. The number of nitrogens with two attached hydrogens (primary N) is 1. The predicted octanol–water partition coefficient (Wildman–Crippen LogP) is 0.868. The minimum absolute atomic E-state index is 0.0173. The molecule has 2 heterocycles. The van der Waals surface area contributed by atoms with E-state index in [9.17, 15) is 9.18 Å². The average molecular weight is 361 g/mol. The minimum Gasteiger partial charge on any atom is -0.366 e. The number of anilines is 2. The van der Waals surface area contributed by atoms with Crippen LogP contribution in [0.25, 0.3) is 0 Å². The van der Waals surface area contributed by atoms with Gasteiger partial charge in [0.25, 0.3) is 0 Å². The number of hydrogen-bond acceptors (Lipinski definition) is 6. The molecule has 9 heteroatoms. The van der Waals surface area contributed by atoms with Crippen molar-refractivity contribution in [2.45, 2.75) is 12.5 Å². The lowest BCUT2D eigenvalue weighted by Crippen LogP contribution is -2.49. The van der Waals surface area contributed by atoms with Crippen LogP contribution in [-0.2, 0) is 4.79 Å². The summed E-state index contributed by atoms with van der Waals surface area (Å²) in [6, 6.07) is 6.32. The van der Waals surface area contributed by atoms with E-state index >= 15 is 0 Å². The molecule has 1 unspecified atom stereocenters. The summed E-state index contributed by atoms with van der Waals surface area (Å²) < 4.78 is 14.1. The number of H-pyrrole nitrogens is 1. The standard InChI is InChI=1S/C17H24FN7O/c1-23(2)14(12-5-3-4-6-13(12)18)11-15(26)24-7-9-25(10-8-24)17-20-16(19)21-22-17/h3-6,14H,7-11H2,1-2H3,(H3,19,20,21,22). The smallest absolute Gasteiger partial charge is 0.241 e. The van der Waals surface area contributed by atoms with Crippen LogP contribution in [0.15, 0.2) is 24.3 Å². The summed E-state index contributed by atoms with van der Waals surface area (Å²) in [6.45, 7) is 2.45. The number of benzene rings is 1. The van der Waals surface area contributed by atoms with E-state index in [0.717, 1.165) is 0 Å². The highest BCUT2D eigenvalue weighted by atomic mass is 19.1. The molecule has 26 heavy (non-hydrogen) atoms. The van der Waals surface area contributed by atoms with Crippen LogP contribution < -0.4 is 10.6 Å². The van der Waals surface area contributed by atoms with Gasteiger partial charge in [0.2, 0.25) is 17.8 Å². The number of piperazine rings is 1. The predicted molar refractivity (Wildman–Crippen MR) is 97.0 cm³/mol. The zero-order valence-electron chi connectivity index (χ0n) is 15.0. The molecule has 3 N–H and O–H groups in total. The number of carbonyl (C=O) groups excluding carboxylic acids is 1. The van der Waals surface area contributed by atoms with Crippen molar-refractivity contribution in [2.75, 3.05) is 50.9 Å². The van der Waals surface area contributed by atoms with E-state index in [1.54, 1.807) is 18.2 Å². The van der Waals surface area contributed by atoms with Crippen molar-refractivity contribution in [3.05, 3.63) is 35.6 Å². The van der Waals surface area contributed by atoms with E-state index < -0.39 is 0 Å². The first-order chi connectivity index (χ1) is 12.5. The maximum atomic E-state index is 14.1. The average Bonchev–Trinajstić information content (AvgIpc) is 3.06. The van der Waals surface area contributed by atoms with Crippen LogP contribution in [0.4, 0.5) is 16.3 Å². The fourth-order valence-corrected chi connectivity index (χ4v) is 3.19. The molecule has 3 rings (SSSR count). The van der Waals surface area contributed by atoms with E-state index in [0.29, 0.717) is 37.7 Å². The van der Waals surface area contributed by atoms with Crippen LogP contribution >= 0.6 is 0 Å². The Balaban J connectivity index is 1.61. The Morgan fingerprint density at radius 3 is 2.58 bits per heavy atom. The number of hydrogen-bond donors (Lipinski definition) is 2. The Morgan fingerprint density at radius 1 is 1.31 bits per heavy atom. The number of aromatic nitrogens is 3. The topological polar surface area (TPSA) is 94.4 Å². The minimum atomic E-state index is -0.296. The first-order valence-corrected chi connectivity index (χ1v) is 8.57. The molecule has 1 aliphatic heterocycles. The van der Waals surface area contributed by atoms with Gasteiger partial charge in [0, 0.05) is 44.2 Å². The molecule has 140 valence electrons. The molecule has 1 amide bonds. The van der Waals surface area contributed by atoms with E-state index in [1.165, 1.54) is 6.07 Å². The van der Waals surface area contributed by atoms with Gasteiger partial charge < -0.3 is 20.4 Å². The zero-order valence-corrected chi connectivity index (χ0v) is 15.0. The highest BCUT2D eigenvalue weighted by molar-refractivity contribution is 5.77. The van der Waals surface area contributed by atoms with E-state index in [4.69, 9.17) is 5.73 Å². The van der Waals surface area contributed by atoms with Crippen LogP contribution in [0.3, 0.4) is 0 Å². The third-order valence-electron chi connectivity index (χ3n) is 4.68. The first-order valence-electron chi connectivity index (χ1n) is 8.57. The van der Waals surface area contributed by atoms with Crippen LogP contribution in [-0.4, -0.2) is 71.2 Å². The molecular weight excluding hydrogens is 337 g/mol. The molecule has 2 aromatic rings. The molecule has 8 nitrogen and oxygen atoms in total. The molecule has 1 fully saturated rings. The lowest BCUT2D eigenvalue weighted by atomic mass is 10.0. The van der Waals surface area contributed by atoms with Crippen molar-refractivity contribution < 1.29 is 9.18 Å². The van der Waals surface area contributed by atoms with Gasteiger partial charge >= 0.3 is 0 Å². The van der Waals surface area contributed by atoms with Gasteiger partial charge in [0.05, 0.1) is 0 Å². The Labute approximate surface area is 151 Å². The first kappa shape index (κ1) is 18.1. The van der Waals surface area contributed by atoms with E-state index in [2.05, 4.69) is 15.2 Å². The van der Waals surface area contributed by atoms with Crippen molar-refractivity contribution in [1.82, 2.24) is 25.0 Å². The van der Waals surface area contributed by atoms with Gasteiger partial charge in [-0.3, -0.25) is 4.79 Å². The van der Waals surface area contributed by atoms with E-state index in [1.807, 2.05) is 28.8 Å². The molecule has 1 aliphatic rings. The van der Waals surface area contributed by atoms with Crippen LogP contribution in [0.5, 0.6) is 0 Å². The number of carbonyl (C=O) groups is 1. The second-order valence-electron chi connectivity index (χ2n) is 6.59. The molecule has 0 bridgehead atoms. The fraction of sp³-hybridized carbons (Fsp3) is 0.471. The van der Waals surface area contributed by atoms with Crippen molar-refractivity contribution in [3.8, 4) is 0 Å². The summed E-state index contributed by atoms with van der Waals surface area (Å²) in [7, 11) is 3.72. The molecule has 1 saturated heterocycles. The molecular formula is C17H24FN7O. The molecule has 1 aromatic heterocycles. The molecule has 0 saturated carbocycles. The largest absolute Gasteiger partial charge is 0.366 e.